The highest BCUT2D eigenvalue weighted by atomic mass is 32.2. The molecule has 2 saturated heterocycles. The molecule has 2 aromatic rings. The predicted molar refractivity (Wildman–Crippen MR) is 113 cm³/mol. The van der Waals surface area contributed by atoms with Gasteiger partial charge in [-0.25, -0.2) is 21.2 Å². The lowest BCUT2D eigenvalue weighted by Crippen LogP contribution is -2.54. The average molecular weight is 453 g/mol. The summed E-state index contributed by atoms with van der Waals surface area (Å²) in [6, 6.07) is 14.1. The maximum atomic E-state index is 13.2. The van der Waals surface area contributed by atoms with Gasteiger partial charge in [-0.1, -0.05) is 30.3 Å². The molecule has 0 bridgehead atoms. The molecule has 0 aliphatic carbocycles. The van der Waals surface area contributed by atoms with Crippen molar-refractivity contribution in [3.63, 3.8) is 0 Å². The summed E-state index contributed by atoms with van der Waals surface area (Å²) in [5, 5.41) is -1.03. The number of rotatable bonds is 5. The lowest BCUT2D eigenvalue weighted by atomic mass is 10.1. The Morgan fingerprint density at radius 3 is 2.17 bits per heavy atom. The van der Waals surface area contributed by atoms with Crippen LogP contribution in [0.15, 0.2) is 59.5 Å². The van der Waals surface area contributed by atoms with Crippen LogP contribution in [0.1, 0.15) is 5.56 Å². The fourth-order valence-corrected chi connectivity index (χ4v) is 9.16. The summed E-state index contributed by atoms with van der Waals surface area (Å²) in [5.41, 5.74) is 1.21. The number of hydrogen-bond acceptors (Lipinski definition) is 6. The molecule has 2 unspecified atom stereocenters. The monoisotopic (exact) mass is 452 g/mol. The topological polar surface area (TPSA) is 74.8 Å². The van der Waals surface area contributed by atoms with Crippen LogP contribution < -0.4 is 0 Å². The molecule has 9 heteroatoms. The van der Waals surface area contributed by atoms with E-state index in [4.69, 9.17) is 0 Å². The SMILES string of the molecule is O=S1(=O)CC(N2CCN(Cc3ccccc3)CC2)C(S(=O)(=O)c2ccc(F)cc2)C1. The van der Waals surface area contributed by atoms with Gasteiger partial charge in [0.05, 0.1) is 21.7 Å². The summed E-state index contributed by atoms with van der Waals surface area (Å²) >= 11 is 0. The van der Waals surface area contributed by atoms with Crippen molar-refractivity contribution in [2.45, 2.75) is 22.7 Å². The Morgan fingerprint density at radius 1 is 0.900 bits per heavy atom. The number of sulfone groups is 2. The van der Waals surface area contributed by atoms with Crippen LogP contribution in [0.5, 0.6) is 0 Å². The summed E-state index contributed by atoms with van der Waals surface area (Å²) in [6.45, 7) is 3.53. The second-order valence-corrected chi connectivity index (χ2v) is 12.3. The molecule has 2 atom stereocenters. The predicted octanol–water partition coefficient (Wildman–Crippen LogP) is 1.58. The minimum atomic E-state index is -3.89. The first kappa shape index (κ1) is 21.4. The molecule has 2 aliphatic rings. The van der Waals surface area contributed by atoms with E-state index in [1.807, 2.05) is 23.1 Å². The van der Waals surface area contributed by atoms with Gasteiger partial charge in [-0.15, -0.1) is 0 Å². The first-order valence-corrected chi connectivity index (χ1v) is 13.3. The van der Waals surface area contributed by atoms with Gasteiger partial charge < -0.3 is 0 Å². The standard InChI is InChI=1S/C21H25FN2O4S2/c22-18-6-8-19(9-7-18)30(27,28)21-16-29(25,26)15-20(21)24-12-10-23(11-13-24)14-17-4-2-1-3-5-17/h1-9,20-21H,10-16H2. The zero-order valence-corrected chi connectivity index (χ0v) is 18.2. The van der Waals surface area contributed by atoms with Gasteiger partial charge in [0.25, 0.3) is 0 Å². The van der Waals surface area contributed by atoms with Gasteiger partial charge in [0, 0.05) is 38.8 Å². The van der Waals surface area contributed by atoms with Gasteiger partial charge in [-0.2, -0.15) is 0 Å². The molecule has 162 valence electrons. The van der Waals surface area contributed by atoms with E-state index in [0.717, 1.165) is 31.8 Å². The molecular formula is C21H25FN2O4S2. The van der Waals surface area contributed by atoms with Crippen molar-refractivity contribution in [1.82, 2.24) is 9.80 Å². The van der Waals surface area contributed by atoms with Crippen LogP contribution in [0.25, 0.3) is 0 Å². The molecule has 4 rings (SSSR count). The second kappa shape index (κ2) is 8.37. The average Bonchev–Trinajstić information content (AvgIpc) is 3.06. The van der Waals surface area contributed by atoms with Crippen molar-refractivity contribution in [2.24, 2.45) is 0 Å². The minimum Gasteiger partial charge on any atom is -0.297 e. The van der Waals surface area contributed by atoms with E-state index < -0.39 is 36.8 Å². The van der Waals surface area contributed by atoms with Crippen molar-refractivity contribution in [1.29, 1.82) is 0 Å². The highest BCUT2D eigenvalue weighted by molar-refractivity contribution is 7.96. The third kappa shape index (κ3) is 4.59. The lowest BCUT2D eigenvalue weighted by Gasteiger charge is -2.39. The fraction of sp³-hybridized carbons (Fsp3) is 0.429. The highest BCUT2D eigenvalue weighted by Gasteiger charge is 2.48. The van der Waals surface area contributed by atoms with Crippen LogP contribution in [-0.2, 0) is 26.2 Å². The molecule has 6 nitrogen and oxygen atoms in total. The van der Waals surface area contributed by atoms with Gasteiger partial charge in [-0.05, 0) is 29.8 Å². The van der Waals surface area contributed by atoms with Gasteiger partial charge in [0.15, 0.2) is 19.7 Å². The zero-order chi connectivity index (χ0) is 21.4. The normalized spacial score (nSPS) is 25.4. The minimum absolute atomic E-state index is 0.0290. The largest absolute Gasteiger partial charge is 0.297 e. The lowest BCUT2D eigenvalue weighted by molar-refractivity contribution is 0.101. The molecule has 2 fully saturated rings. The molecular weight excluding hydrogens is 427 g/mol. The first-order valence-electron chi connectivity index (χ1n) is 9.95. The molecule has 2 aromatic carbocycles. The van der Waals surface area contributed by atoms with Crippen LogP contribution in [0.3, 0.4) is 0 Å². The maximum absolute atomic E-state index is 13.2. The van der Waals surface area contributed by atoms with E-state index in [1.165, 1.54) is 17.7 Å². The van der Waals surface area contributed by atoms with Crippen LogP contribution >= 0.6 is 0 Å². The summed E-state index contributed by atoms with van der Waals surface area (Å²) in [4.78, 5) is 4.26. The molecule has 30 heavy (non-hydrogen) atoms. The van der Waals surface area contributed by atoms with Gasteiger partial charge in [-0.3, -0.25) is 9.80 Å². The van der Waals surface area contributed by atoms with Crippen molar-refractivity contribution in [3.8, 4) is 0 Å². The number of piperazine rings is 1. The Kier molecular flexibility index (Phi) is 5.98. The zero-order valence-electron chi connectivity index (χ0n) is 16.5. The third-order valence-corrected chi connectivity index (χ3v) is 10.1. The van der Waals surface area contributed by atoms with E-state index in [0.29, 0.717) is 13.1 Å². The quantitative estimate of drug-likeness (QED) is 0.642. The maximum Gasteiger partial charge on any atom is 0.183 e. The van der Waals surface area contributed by atoms with E-state index in [9.17, 15) is 21.2 Å². The number of halogens is 1. The Labute approximate surface area is 177 Å². The summed E-state index contributed by atoms with van der Waals surface area (Å²) in [7, 11) is -7.35. The first-order chi connectivity index (χ1) is 14.2. The third-order valence-electron chi connectivity index (χ3n) is 5.94. The Morgan fingerprint density at radius 2 is 1.53 bits per heavy atom. The van der Waals surface area contributed by atoms with E-state index in [-0.39, 0.29) is 16.4 Å². The van der Waals surface area contributed by atoms with E-state index in [1.54, 1.807) is 0 Å². The van der Waals surface area contributed by atoms with Crippen LogP contribution in [0.4, 0.5) is 4.39 Å². The smallest absolute Gasteiger partial charge is 0.183 e. The number of hydrogen-bond donors (Lipinski definition) is 0. The van der Waals surface area contributed by atoms with Gasteiger partial charge in [0.1, 0.15) is 5.82 Å². The van der Waals surface area contributed by atoms with Crippen molar-refractivity contribution < 1.29 is 21.2 Å². The number of benzene rings is 2. The molecule has 0 amide bonds. The molecule has 0 spiro atoms. The van der Waals surface area contributed by atoms with E-state index >= 15 is 0 Å². The fourth-order valence-electron chi connectivity index (χ4n) is 4.33. The second-order valence-electron chi connectivity index (χ2n) is 7.98. The molecule has 0 saturated carbocycles. The summed E-state index contributed by atoms with van der Waals surface area (Å²) < 4.78 is 64.3. The molecule has 0 radical (unpaired) electrons. The van der Waals surface area contributed by atoms with Crippen molar-refractivity contribution >= 4 is 19.7 Å². The molecule has 0 N–H and O–H groups in total. The Bertz CT molecular complexity index is 1080. The van der Waals surface area contributed by atoms with Gasteiger partial charge >= 0.3 is 0 Å². The molecule has 2 aliphatic heterocycles. The van der Waals surface area contributed by atoms with Gasteiger partial charge in [0.2, 0.25) is 0 Å². The molecule has 2 heterocycles. The van der Waals surface area contributed by atoms with E-state index in [2.05, 4.69) is 17.0 Å². The number of nitrogens with zero attached hydrogens (tertiary/aromatic N) is 2. The van der Waals surface area contributed by atoms with Crippen molar-refractivity contribution in [2.75, 3.05) is 37.7 Å². The Balaban J connectivity index is 1.49. The van der Waals surface area contributed by atoms with Crippen LogP contribution in [0.2, 0.25) is 0 Å². The Hall–Kier alpha value is -1.81. The highest BCUT2D eigenvalue weighted by Crippen LogP contribution is 2.30. The summed E-state index contributed by atoms with van der Waals surface area (Å²) in [6.07, 6.45) is 0. The summed E-state index contributed by atoms with van der Waals surface area (Å²) in [5.74, 6) is -1.07. The van der Waals surface area contributed by atoms with Crippen LogP contribution in [-0.4, -0.2) is 75.6 Å². The molecule has 0 aromatic heterocycles. The van der Waals surface area contributed by atoms with Crippen molar-refractivity contribution in [3.05, 3.63) is 66.0 Å². The van der Waals surface area contributed by atoms with Crippen LogP contribution in [0, 0.1) is 5.82 Å².